The molecule has 1 spiro atoms. The van der Waals surface area contributed by atoms with Crippen molar-refractivity contribution in [1.82, 2.24) is 0 Å². The number of unbranched alkanes of at least 4 members (excludes halogenated alkanes) is 1. The Hall–Kier alpha value is -2.46. The Kier molecular flexibility index (Phi) is 4.36. The lowest BCUT2D eigenvalue weighted by atomic mass is 9.77. The van der Waals surface area contributed by atoms with Crippen LogP contribution in [0.3, 0.4) is 0 Å². The van der Waals surface area contributed by atoms with E-state index < -0.39 is 5.72 Å². The number of ether oxygens (including phenoxy) is 1. The molecule has 0 aliphatic carbocycles. The highest BCUT2D eigenvalue weighted by Gasteiger charge is 2.59. The molecule has 0 saturated carbocycles. The first-order chi connectivity index (χ1) is 14.1. The third-order valence-corrected chi connectivity index (χ3v) is 6.77. The maximum absolute atomic E-state index is 6.89. The van der Waals surface area contributed by atoms with Crippen LogP contribution in [0.4, 0.5) is 11.4 Å². The average Bonchev–Trinajstić information content (AvgIpc) is 2.92. The molecule has 0 radical (unpaired) electrons. The van der Waals surface area contributed by atoms with Gasteiger partial charge in [-0.3, -0.25) is 4.99 Å². The van der Waals surface area contributed by atoms with E-state index in [-0.39, 0.29) is 5.41 Å². The molecule has 5 rings (SSSR count). The first-order valence-corrected chi connectivity index (χ1v) is 11.0. The molecule has 0 amide bonds. The third-order valence-electron chi connectivity index (χ3n) is 6.45. The number of aliphatic imine (C=N–C) groups is 1. The number of benzene rings is 3. The van der Waals surface area contributed by atoms with Gasteiger partial charge >= 0.3 is 0 Å². The molecule has 3 aromatic carbocycles. The van der Waals surface area contributed by atoms with Crippen molar-refractivity contribution < 1.29 is 4.74 Å². The van der Waals surface area contributed by atoms with Gasteiger partial charge in [-0.2, -0.15) is 12.6 Å². The van der Waals surface area contributed by atoms with Gasteiger partial charge in [0.25, 0.3) is 0 Å². The molecule has 0 fully saturated rings. The molecule has 1 atom stereocenters. The lowest BCUT2D eigenvalue weighted by Gasteiger charge is -2.46. The number of hydrogen-bond acceptors (Lipinski definition) is 4. The second kappa shape index (κ2) is 6.81. The van der Waals surface area contributed by atoms with Gasteiger partial charge in [-0.15, -0.1) is 0 Å². The van der Waals surface area contributed by atoms with Crippen LogP contribution in [0.1, 0.15) is 32.3 Å². The van der Waals surface area contributed by atoms with Gasteiger partial charge in [-0.05, 0) is 55.5 Å². The lowest BCUT2D eigenvalue weighted by Crippen LogP contribution is -2.62. The first kappa shape index (κ1) is 18.6. The van der Waals surface area contributed by atoms with Gasteiger partial charge < -0.3 is 9.64 Å². The smallest absolute Gasteiger partial charge is 0.228 e. The predicted molar refractivity (Wildman–Crippen MR) is 125 cm³/mol. The van der Waals surface area contributed by atoms with Gasteiger partial charge in [0.15, 0.2) is 0 Å². The van der Waals surface area contributed by atoms with Crippen LogP contribution in [0.5, 0.6) is 5.75 Å². The second-order valence-electron chi connectivity index (χ2n) is 8.41. The van der Waals surface area contributed by atoms with Crippen LogP contribution in [-0.2, 0) is 5.41 Å². The van der Waals surface area contributed by atoms with Crippen LogP contribution in [0, 0.1) is 0 Å². The van der Waals surface area contributed by atoms with Gasteiger partial charge in [0.05, 0.1) is 11.6 Å². The molecule has 0 aromatic heterocycles. The van der Waals surface area contributed by atoms with Crippen molar-refractivity contribution in [3.63, 3.8) is 0 Å². The van der Waals surface area contributed by atoms with Gasteiger partial charge in [-0.25, -0.2) is 0 Å². The van der Waals surface area contributed by atoms with Crippen molar-refractivity contribution in [2.45, 2.75) is 37.8 Å². The van der Waals surface area contributed by atoms with Crippen LogP contribution in [0.25, 0.3) is 10.8 Å². The van der Waals surface area contributed by atoms with Crippen molar-refractivity contribution in [3.8, 4) is 5.75 Å². The average molecular weight is 403 g/mol. The molecule has 1 unspecified atom stereocenters. The summed E-state index contributed by atoms with van der Waals surface area (Å²) in [4.78, 5) is 7.42. The zero-order valence-corrected chi connectivity index (χ0v) is 17.8. The van der Waals surface area contributed by atoms with Crippen LogP contribution >= 0.6 is 12.6 Å². The highest BCUT2D eigenvalue weighted by Crippen LogP contribution is 2.54. The normalized spacial score (nSPS) is 21.3. The van der Waals surface area contributed by atoms with E-state index in [0.717, 1.165) is 42.0 Å². The minimum absolute atomic E-state index is 0.239. The Morgan fingerprint density at radius 3 is 2.62 bits per heavy atom. The predicted octanol–water partition coefficient (Wildman–Crippen LogP) is 6.14. The number of thiol groups is 1. The minimum Gasteiger partial charge on any atom is -0.459 e. The van der Waals surface area contributed by atoms with E-state index in [4.69, 9.17) is 9.73 Å². The Balaban J connectivity index is 1.65. The van der Waals surface area contributed by atoms with Gasteiger partial charge in [0.1, 0.15) is 11.4 Å². The summed E-state index contributed by atoms with van der Waals surface area (Å²) in [5.41, 5.74) is 2.60. The van der Waals surface area contributed by atoms with Crippen LogP contribution in [0.2, 0.25) is 0 Å². The molecule has 148 valence electrons. The lowest BCUT2D eigenvalue weighted by molar-refractivity contribution is 0.0775. The van der Waals surface area contributed by atoms with Crippen LogP contribution in [-0.4, -0.2) is 24.2 Å². The second-order valence-corrected chi connectivity index (χ2v) is 8.86. The molecule has 2 heterocycles. The van der Waals surface area contributed by atoms with E-state index in [1.54, 1.807) is 0 Å². The molecule has 0 N–H and O–H groups in total. The fraction of sp³-hybridized carbons (Fsp3) is 0.320. The number of para-hydroxylation sites is 1. The van der Waals surface area contributed by atoms with E-state index in [1.807, 2.05) is 6.21 Å². The molecule has 29 heavy (non-hydrogen) atoms. The largest absolute Gasteiger partial charge is 0.459 e. The summed E-state index contributed by atoms with van der Waals surface area (Å²) in [6.07, 6.45) is 4.19. The minimum atomic E-state index is -0.636. The zero-order chi connectivity index (χ0) is 20.1. The van der Waals surface area contributed by atoms with Crippen molar-refractivity contribution in [1.29, 1.82) is 0 Å². The van der Waals surface area contributed by atoms with E-state index >= 15 is 0 Å². The highest BCUT2D eigenvalue weighted by molar-refractivity contribution is 7.80. The summed E-state index contributed by atoms with van der Waals surface area (Å²) >= 11 is 4.40. The number of nitrogens with zero attached hydrogens (tertiary/aromatic N) is 2. The molecule has 3 nitrogen and oxygen atoms in total. The Morgan fingerprint density at radius 2 is 1.76 bits per heavy atom. The molecule has 2 aliphatic rings. The summed E-state index contributed by atoms with van der Waals surface area (Å²) in [6, 6.07) is 21.2. The van der Waals surface area contributed by atoms with Crippen molar-refractivity contribution in [3.05, 3.63) is 66.2 Å². The first-order valence-electron chi connectivity index (χ1n) is 10.3. The summed E-state index contributed by atoms with van der Waals surface area (Å²) in [7, 11) is 0. The van der Waals surface area contributed by atoms with E-state index in [2.05, 4.69) is 92.0 Å². The van der Waals surface area contributed by atoms with Crippen LogP contribution in [0.15, 0.2) is 65.7 Å². The summed E-state index contributed by atoms with van der Waals surface area (Å²) in [6.45, 7) is 5.45. The molecule has 0 saturated heterocycles. The van der Waals surface area contributed by atoms with Gasteiger partial charge in [0, 0.05) is 17.6 Å². The maximum atomic E-state index is 6.89. The van der Waals surface area contributed by atoms with Crippen molar-refractivity contribution >= 4 is 41.0 Å². The molecule has 0 bridgehead atoms. The van der Waals surface area contributed by atoms with Crippen molar-refractivity contribution in [2.24, 2.45) is 4.99 Å². The van der Waals surface area contributed by atoms with E-state index in [1.165, 1.54) is 16.6 Å². The SMILES string of the molecule is CC1(C)c2ccccc2N(CCCCS)C12C=Nc1c(ccc3ccccc13)O2. The summed E-state index contributed by atoms with van der Waals surface area (Å²) in [5, 5.41) is 2.31. The number of hydrogen-bond donors (Lipinski definition) is 1. The van der Waals surface area contributed by atoms with E-state index in [9.17, 15) is 0 Å². The fourth-order valence-corrected chi connectivity index (χ4v) is 5.05. The molecular weight excluding hydrogens is 376 g/mol. The third kappa shape index (κ3) is 2.62. The fourth-order valence-electron chi connectivity index (χ4n) is 4.83. The standard InChI is InChI=1S/C25H26N2OS/c1-24(2)20-11-5-6-12-21(20)27(15-7-8-16-29)25(24)17-26-23-19-10-4-3-9-18(19)13-14-22(23)28-25/h3-6,9-14,17,29H,7-8,15-16H2,1-2H3. The molecule has 2 aliphatic heterocycles. The molecule has 4 heteroatoms. The zero-order valence-electron chi connectivity index (χ0n) is 16.9. The van der Waals surface area contributed by atoms with Gasteiger partial charge in [0.2, 0.25) is 5.72 Å². The topological polar surface area (TPSA) is 24.8 Å². The Labute approximate surface area is 177 Å². The van der Waals surface area contributed by atoms with E-state index in [0.29, 0.717) is 0 Å². The maximum Gasteiger partial charge on any atom is 0.228 e. The summed E-state index contributed by atoms with van der Waals surface area (Å²) in [5.74, 6) is 1.75. The molecular formula is C25H26N2OS. The Bertz CT molecular complexity index is 1110. The molecule has 3 aromatic rings. The number of anilines is 1. The van der Waals surface area contributed by atoms with Crippen LogP contribution < -0.4 is 9.64 Å². The van der Waals surface area contributed by atoms with Crippen molar-refractivity contribution in [2.75, 3.05) is 17.2 Å². The van der Waals surface area contributed by atoms with Gasteiger partial charge in [-0.1, -0.05) is 48.5 Å². The number of rotatable bonds is 4. The number of fused-ring (bicyclic) bond motifs is 4. The quantitative estimate of drug-likeness (QED) is 0.419. The Morgan fingerprint density at radius 1 is 0.966 bits per heavy atom. The monoisotopic (exact) mass is 402 g/mol. The summed E-state index contributed by atoms with van der Waals surface area (Å²) < 4.78 is 6.89. The highest BCUT2D eigenvalue weighted by atomic mass is 32.1.